The number of aryl methyl sites for hydroxylation is 1. The highest BCUT2D eigenvalue weighted by Gasteiger charge is 2.31. The van der Waals surface area contributed by atoms with Gasteiger partial charge in [-0.15, -0.1) is 0 Å². The number of hydrogen-bond donors (Lipinski definition) is 2. The lowest BCUT2D eigenvalue weighted by atomic mass is 10.2. The van der Waals surface area contributed by atoms with Crippen molar-refractivity contribution in [3.63, 3.8) is 0 Å². The lowest BCUT2D eigenvalue weighted by Gasteiger charge is -2.20. The summed E-state index contributed by atoms with van der Waals surface area (Å²) in [6.45, 7) is 3.93. The molecule has 2 rings (SSSR count). The van der Waals surface area contributed by atoms with Gasteiger partial charge in [-0.05, 0) is 49.3 Å². The zero-order chi connectivity index (χ0) is 14.8. The molecule has 1 fully saturated rings. The fourth-order valence-electron chi connectivity index (χ4n) is 2.56. The first-order valence-corrected chi connectivity index (χ1v) is 9.47. The van der Waals surface area contributed by atoms with Crippen LogP contribution in [0.25, 0.3) is 0 Å². The Hall–Kier alpha value is -0.720. The van der Waals surface area contributed by atoms with E-state index in [9.17, 15) is 8.42 Å². The van der Waals surface area contributed by atoms with Crippen molar-refractivity contribution in [1.82, 2.24) is 4.72 Å². The summed E-state index contributed by atoms with van der Waals surface area (Å²) in [6.07, 6.45) is 3.10. The molecule has 1 aromatic rings. The largest absolute Gasteiger partial charge is 0.399 e. The van der Waals surface area contributed by atoms with Crippen molar-refractivity contribution in [3.05, 3.63) is 23.8 Å². The first-order chi connectivity index (χ1) is 9.44. The van der Waals surface area contributed by atoms with Crippen molar-refractivity contribution >= 4 is 27.5 Å². The van der Waals surface area contributed by atoms with Gasteiger partial charge >= 0.3 is 0 Å². The van der Waals surface area contributed by atoms with E-state index < -0.39 is 10.0 Å². The number of rotatable bonds is 5. The van der Waals surface area contributed by atoms with E-state index in [2.05, 4.69) is 11.6 Å². The zero-order valence-electron chi connectivity index (χ0n) is 11.9. The highest BCUT2D eigenvalue weighted by Crippen LogP contribution is 2.31. The Bertz CT molecular complexity index is 573. The Morgan fingerprint density at radius 2 is 2.15 bits per heavy atom. The predicted octanol–water partition coefficient (Wildman–Crippen LogP) is 2.53. The predicted molar refractivity (Wildman–Crippen MR) is 85.5 cm³/mol. The van der Waals surface area contributed by atoms with Gasteiger partial charge in [-0.3, -0.25) is 0 Å². The van der Waals surface area contributed by atoms with Gasteiger partial charge in [-0.25, -0.2) is 13.1 Å². The summed E-state index contributed by atoms with van der Waals surface area (Å²) in [5.74, 6) is 1.02. The average molecular weight is 314 g/mol. The second-order valence-corrected chi connectivity index (χ2v) is 8.40. The second kappa shape index (κ2) is 6.37. The number of sulfonamides is 1. The number of thioether (sulfide) groups is 1. The topological polar surface area (TPSA) is 72.2 Å². The third-order valence-corrected chi connectivity index (χ3v) is 6.50. The molecule has 1 saturated carbocycles. The zero-order valence-corrected chi connectivity index (χ0v) is 13.6. The van der Waals surface area contributed by atoms with Crippen LogP contribution in [0.3, 0.4) is 0 Å². The second-order valence-electron chi connectivity index (χ2n) is 5.17. The number of hydrogen-bond acceptors (Lipinski definition) is 4. The first-order valence-electron chi connectivity index (χ1n) is 6.94. The van der Waals surface area contributed by atoms with Crippen LogP contribution in [0.1, 0.15) is 31.7 Å². The Morgan fingerprint density at radius 3 is 2.80 bits per heavy atom. The van der Waals surface area contributed by atoms with Gasteiger partial charge in [0.1, 0.15) is 0 Å². The standard InChI is InChI=1S/C14H22N2O2S2/c1-3-19-14-6-4-5-13(14)16-20(17,18)11-7-8-12(15)10(2)9-11/h7-9,13-14,16H,3-6,15H2,1-2H3. The van der Waals surface area contributed by atoms with Gasteiger partial charge in [0.05, 0.1) is 4.90 Å². The molecule has 0 saturated heterocycles. The van der Waals surface area contributed by atoms with Crippen molar-refractivity contribution in [2.24, 2.45) is 0 Å². The van der Waals surface area contributed by atoms with Crippen LogP contribution >= 0.6 is 11.8 Å². The van der Waals surface area contributed by atoms with Crippen LogP contribution in [0.4, 0.5) is 5.69 Å². The van der Waals surface area contributed by atoms with Crippen LogP contribution in [0.15, 0.2) is 23.1 Å². The normalized spacial score (nSPS) is 23.1. The molecule has 1 aromatic carbocycles. The van der Waals surface area contributed by atoms with E-state index in [-0.39, 0.29) is 6.04 Å². The van der Waals surface area contributed by atoms with Gasteiger partial charge in [-0.1, -0.05) is 13.3 Å². The number of nitrogens with two attached hydrogens (primary N) is 1. The molecule has 6 heteroatoms. The van der Waals surface area contributed by atoms with Crippen molar-refractivity contribution in [2.45, 2.75) is 49.3 Å². The van der Waals surface area contributed by atoms with Crippen molar-refractivity contribution < 1.29 is 8.42 Å². The molecule has 0 spiro atoms. The first kappa shape index (κ1) is 15.7. The van der Waals surface area contributed by atoms with Gasteiger partial charge in [0, 0.05) is 17.0 Å². The van der Waals surface area contributed by atoms with Crippen LogP contribution in [0.2, 0.25) is 0 Å². The highest BCUT2D eigenvalue weighted by atomic mass is 32.2. The Labute approximate surface area is 125 Å². The molecule has 0 bridgehead atoms. The Kier molecular flexibility index (Phi) is 4.99. The van der Waals surface area contributed by atoms with Gasteiger partial charge in [0.15, 0.2) is 0 Å². The summed E-state index contributed by atoms with van der Waals surface area (Å²) in [4.78, 5) is 0.302. The van der Waals surface area contributed by atoms with E-state index in [1.807, 2.05) is 18.7 Å². The monoisotopic (exact) mass is 314 g/mol. The van der Waals surface area contributed by atoms with Gasteiger partial charge < -0.3 is 5.73 Å². The smallest absolute Gasteiger partial charge is 0.240 e. The quantitative estimate of drug-likeness (QED) is 0.819. The van der Waals surface area contributed by atoms with Crippen LogP contribution < -0.4 is 10.5 Å². The maximum absolute atomic E-state index is 12.4. The summed E-state index contributed by atoms with van der Waals surface area (Å²) in [5, 5.41) is 0.393. The van der Waals surface area contributed by atoms with E-state index in [0.29, 0.717) is 15.8 Å². The number of benzene rings is 1. The summed E-state index contributed by atoms with van der Waals surface area (Å²) in [7, 11) is -3.45. The van der Waals surface area contributed by atoms with Crippen molar-refractivity contribution in [3.8, 4) is 0 Å². The average Bonchev–Trinajstić information content (AvgIpc) is 2.80. The van der Waals surface area contributed by atoms with Crippen molar-refractivity contribution in [2.75, 3.05) is 11.5 Å². The molecule has 2 atom stereocenters. The summed E-state index contributed by atoms with van der Waals surface area (Å²) >= 11 is 1.84. The third kappa shape index (κ3) is 3.48. The van der Waals surface area contributed by atoms with E-state index in [4.69, 9.17) is 5.73 Å². The Morgan fingerprint density at radius 1 is 1.40 bits per heavy atom. The number of nitrogen functional groups attached to an aromatic ring is 1. The fourth-order valence-corrected chi connectivity index (χ4v) is 5.24. The maximum atomic E-state index is 12.4. The van der Waals surface area contributed by atoms with E-state index in [1.54, 1.807) is 18.2 Å². The fraction of sp³-hybridized carbons (Fsp3) is 0.571. The molecule has 0 aromatic heterocycles. The molecule has 0 aliphatic heterocycles. The van der Waals surface area contributed by atoms with Gasteiger partial charge in [0.25, 0.3) is 0 Å². The molecule has 112 valence electrons. The highest BCUT2D eigenvalue weighted by molar-refractivity contribution is 8.00. The molecule has 20 heavy (non-hydrogen) atoms. The molecular formula is C14H22N2O2S2. The minimum absolute atomic E-state index is 0.0443. The van der Waals surface area contributed by atoms with Crippen LogP contribution in [0, 0.1) is 6.92 Å². The van der Waals surface area contributed by atoms with Crippen LogP contribution in [0.5, 0.6) is 0 Å². The van der Waals surface area contributed by atoms with E-state index >= 15 is 0 Å². The van der Waals surface area contributed by atoms with Crippen LogP contribution in [-0.2, 0) is 10.0 Å². The molecule has 0 amide bonds. The molecular weight excluding hydrogens is 292 g/mol. The lowest BCUT2D eigenvalue weighted by molar-refractivity contribution is 0.555. The van der Waals surface area contributed by atoms with Gasteiger partial charge in [0.2, 0.25) is 10.0 Å². The molecule has 4 nitrogen and oxygen atoms in total. The third-order valence-electron chi connectivity index (χ3n) is 3.69. The molecule has 3 N–H and O–H groups in total. The summed E-state index contributed by atoms with van der Waals surface area (Å²) in [5.41, 5.74) is 7.14. The maximum Gasteiger partial charge on any atom is 0.240 e. The molecule has 1 aliphatic rings. The van der Waals surface area contributed by atoms with E-state index in [0.717, 1.165) is 30.6 Å². The molecule has 1 aliphatic carbocycles. The minimum atomic E-state index is -3.45. The summed E-state index contributed by atoms with van der Waals surface area (Å²) in [6, 6.07) is 4.90. The van der Waals surface area contributed by atoms with Gasteiger partial charge in [-0.2, -0.15) is 11.8 Å². The minimum Gasteiger partial charge on any atom is -0.399 e. The number of anilines is 1. The summed E-state index contributed by atoms with van der Waals surface area (Å²) < 4.78 is 27.7. The van der Waals surface area contributed by atoms with Crippen molar-refractivity contribution in [1.29, 1.82) is 0 Å². The Balaban J connectivity index is 2.16. The van der Waals surface area contributed by atoms with E-state index in [1.165, 1.54) is 0 Å². The molecule has 0 radical (unpaired) electrons. The van der Waals surface area contributed by atoms with Crippen LogP contribution in [-0.4, -0.2) is 25.5 Å². The molecule has 0 heterocycles. The molecule has 2 unspecified atom stereocenters. The number of nitrogens with one attached hydrogen (secondary N) is 1. The SMILES string of the molecule is CCSC1CCCC1NS(=O)(=O)c1ccc(N)c(C)c1. The lowest BCUT2D eigenvalue weighted by Crippen LogP contribution is -2.38.